The van der Waals surface area contributed by atoms with Crippen molar-refractivity contribution in [1.29, 1.82) is 0 Å². The summed E-state index contributed by atoms with van der Waals surface area (Å²) in [6.45, 7) is 5.24. The van der Waals surface area contributed by atoms with Crippen molar-refractivity contribution in [2.75, 3.05) is 20.7 Å². The van der Waals surface area contributed by atoms with Gasteiger partial charge in [-0.15, -0.1) is 0 Å². The van der Waals surface area contributed by atoms with E-state index in [1.165, 1.54) is 18.0 Å². The van der Waals surface area contributed by atoms with Gasteiger partial charge in [0.25, 0.3) is 0 Å². The Balaban J connectivity index is 1.89. The number of ether oxygens (including phenoxy) is 1. The van der Waals surface area contributed by atoms with E-state index in [1.807, 2.05) is 57.2 Å². The molecule has 3 aromatic carbocycles. The lowest BCUT2D eigenvalue weighted by Gasteiger charge is -2.32. The molecule has 0 aliphatic carbocycles. The average Bonchev–Trinajstić information content (AvgIpc) is 2.87. The van der Waals surface area contributed by atoms with Gasteiger partial charge in [-0.3, -0.25) is 9.59 Å². The van der Waals surface area contributed by atoms with Crippen LogP contribution in [-0.2, 0) is 26.2 Å². The van der Waals surface area contributed by atoms with Crippen molar-refractivity contribution in [2.24, 2.45) is 0 Å². The van der Waals surface area contributed by atoms with E-state index >= 15 is 0 Å². The zero-order valence-corrected chi connectivity index (χ0v) is 22.8. The number of fused-ring (bicyclic) bond motifs is 1. The molecule has 0 spiro atoms. The van der Waals surface area contributed by atoms with Crippen molar-refractivity contribution in [3.8, 4) is 5.75 Å². The van der Waals surface area contributed by atoms with Crippen LogP contribution in [0, 0.1) is 0 Å². The number of nitrogens with zero attached hydrogens (tertiary/aromatic N) is 2. The molecule has 0 aromatic heterocycles. The first-order valence-corrected chi connectivity index (χ1v) is 13.7. The second-order valence-corrected chi connectivity index (χ2v) is 11.3. The number of hydrogen-bond donors (Lipinski definition) is 1. The summed E-state index contributed by atoms with van der Waals surface area (Å²) in [7, 11) is -1.02. The molecule has 37 heavy (non-hydrogen) atoms. The number of likely N-dealkylation sites (N-methyl/N-ethyl adjacent to an activating group) is 1. The molecule has 9 heteroatoms. The van der Waals surface area contributed by atoms with Crippen molar-refractivity contribution >= 4 is 32.6 Å². The van der Waals surface area contributed by atoms with E-state index in [9.17, 15) is 18.0 Å². The maximum absolute atomic E-state index is 13.6. The highest BCUT2D eigenvalue weighted by Crippen LogP contribution is 2.22. The summed E-state index contributed by atoms with van der Waals surface area (Å²) < 4.78 is 33.0. The first kappa shape index (κ1) is 28.1. The lowest BCUT2D eigenvalue weighted by molar-refractivity contribution is -0.141. The summed E-state index contributed by atoms with van der Waals surface area (Å²) in [5, 5.41) is 4.59. The molecule has 0 saturated carbocycles. The van der Waals surface area contributed by atoms with Crippen LogP contribution in [-0.4, -0.2) is 62.2 Å². The lowest BCUT2D eigenvalue weighted by Crippen LogP contribution is -2.52. The molecule has 0 heterocycles. The predicted molar refractivity (Wildman–Crippen MR) is 145 cm³/mol. The maximum Gasteiger partial charge on any atom is 0.243 e. The SMILES string of the molecule is CCC(C(=O)NC(C)C)N(Cc1cccc(OC)c1)C(=O)CN(C)S(=O)(=O)c1ccc2ccccc2c1. The van der Waals surface area contributed by atoms with Gasteiger partial charge in [-0.1, -0.05) is 49.4 Å². The fraction of sp³-hybridized carbons (Fsp3) is 0.357. The van der Waals surface area contributed by atoms with Gasteiger partial charge in [0.1, 0.15) is 11.8 Å². The van der Waals surface area contributed by atoms with Crippen molar-refractivity contribution in [3.05, 3.63) is 72.3 Å². The molecule has 0 bridgehead atoms. The van der Waals surface area contributed by atoms with Crippen LogP contribution in [0.2, 0.25) is 0 Å². The topological polar surface area (TPSA) is 96.0 Å². The Morgan fingerprint density at radius 1 is 0.973 bits per heavy atom. The molecule has 3 rings (SSSR count). The number of carbonyl (C=O) groups excluding carboxylic acids is 2. The molecular weight excluding hydrogens is 490 g/mol. The van der Waals surface area contributed by atoms with E-state index in [-0.39, 0.29) is 23.4 Å². The number of carbonyl (C=O) groups is 2. The Bertz CT molecular complexity index is 1360. The molecule has 2 amide bonds. The predicted octanol–water partition coefficient (Wildman–Crippen LogP) is 3.80. The van der Waals surface area contributed by atoms with Gasteiger partial charge in [0.15, 0.2) is 0 Å². The van der Waals surface area contributed by atoms with Crippen LogP contribution in [0.1, 0.15) is 32.8 Å². The molecule has 1 N–H and O–H groups in total. The van der Waals surface area contributed by atoms with Crippen molar-refractivity contribution < 1.29 is 22.7 Å². The van der Waals surface area contributed by atoms with E-state index in [1.54, 1.807) is 31.4 Å². The maximum atomic E-state index is 13.6. The first-order chi connectivity index (χ1) is 17.6. The Hall–Kier alpha value is -3.43. The summed E-state index contributed by atoms with van der Waals surface area (Å²) in [6.07, 6.45) is 0.370. The second-order valence-electron chi connectivity index (χ2n) is 9.23. The summed E-state index contributed by atoms with van der Waals surface area (Å²) in [5.41, 5.74) is 0.767. The molecule has 0 fully saturated rings. The molecular formula is C28H35N3O5S. The number of methoxy groups -OCH3 is 1. The standard InChI is InChI=1S/C28H35N3O5S/c1-6-26(28(33)29-20(2)3)31(18-21-10-9-13-24(16-21)36-5)27(32)19-30(4)37(34,35)25-15-14-22-11-7-8-12-23(22)17-25/h7-17,20,26H,6,18-19H2,1-5H3,(H,29,33). The van der Waals surface area contributed by atoms with Crippen LogP contribution in [0.4, 0.5) is 0 Å². The summed E-state index contributed by atoms with van der Waals surface area (Å²) in [6, 6.07) is 18.7. The van der Waals surface area contributed by atoms with E-state index in [0.29, 0.717) is 12.2 Å². The van der Waals surface area contributed by atoms with Crippen LogP contribution in [0.15, 0.2) is 71.6 Å². The Morgan fingerprint density at radius 2 is 1.68 bits per heavy atom. The second kappa shape index (κ2) is 12.2. The molecule has 3 aromatic rings. The van der Waals surface area contributed by atoms with Crippen LogP contribution in [0.3, 0.4) is 0 Å². The van der Waals surface area contributed by atoms with E-state index < -0.39 is 28.5 Å². The van der Waals surface area contributed by atoms with Crippen molar-refractivity contribution in [3.63, 3.8) is 0 Å². The lowest BCUT2D eigenvalue weighted by atomic mass is 10.1. The third-order valence-electron chi connectivity index (χ3n) is 6.09. The fourth-order valence-corrected chi connectivity index (χ4v) is 5.30. The van der Waals surface area contributed by atoms with Crippen molar-refractivity contribution in [1.82, 2.24) is 14.5 Å². The minimum absolute atomic E-state index is 0.102. The Labute approximate surface area is 219 Å². The van der Waals surface area contributed by atoms with Gasteiger partial charge in [-0.2, -0.15) is 4.31 Å². The quantitative estimate of drug-likeness (QED) is 0.411. The number of benzene rings is 3. The number of sulfonamides is 1. The first-order valence-electron chi connectivity index (χ1n) is 12.2. The van der Waals surface area contributed by atoms with Crippen LogP contribution in [0.5, 0.6) is 5.75 Å². The Morgan fingerprint density at radius 3 is 2.32 bits per heavy atom. The van der Waals surface area contributed by atoms with Gasteiger partial charge in [-0.25, -0.2) is 8.42 Å². The van der Waals surface area contributed by atoms with Crippen LogP contribution < -0.4 is 10.1 Å². The fourth-order valence-electron chi connectivity index (χ4n) is 4.14. The molecule has 0 radical (unpaired) electrons. The highest BCUT2D eigenvalue weighted by Gasteiger charge is 2.32. The number of nitrogens with one attached hydrogen (secondary N) is 1. The van der Waals surface area contributed by atoms with Crippen LogP contribution >= 0.6 is 0 Å². The van der Waals surface area contributed by atoms with E-state index in [2.05, 4.69) is 5.32 Å². The molecule has 198 valence electrons. The Kier molecular flexibility index (Phi) is 9.29. The minimum atomic E-state index is -3.95. The molecule has 8 nitrogen and oxygen atoms in total. The summed E-state index contributed by atoms with van der Waals surface area (Å²) in [5.74, 6) is -0.130. The van der Waals surface area contributed by atoms with E-state index in [0.717, 1.165) is 20.6 Å². The number of hydrogen-bond acceptors (Lipinski definition) is 5. The number of rotatable bonds is 11. The molecule has 1 unspecified atom stereocenters. The largest absolute Gasteiger partial charge is 0.497 e. The van der Waals surface area contributed by atoms with E-state index in [4.69, 9.17) is 4.74 Å². The van der Waals surface area contributed by atoms with Crippen molar-refractivity contribution in [2.45, 2.75) is 50.7 Å². The van der Waals surface area contributed by atoms with Gasteiger partial charge in [-0.05, 0) is 60.9 Å². The van der Waals surface area contributed by atoms with Gasteiger partial charge in [0.2, 0.25) is 21.8 Å². The average molecular weight is 526 g/mol. The van der Waals surface area contributed by atoms with Crippen LogP contribution in [0.25, 0.3) is 10.8 Å². The number of amides is 2. The third kappa shape index (κ3) is 6.87. The van der Waals surface area contributed by atoms with Gasteiger partial charge < -0.3 is 15.0 Å². The monoisotopic (exact) mass is 525 g/mol. The van der Waals surface area contributed by atoms with Gasteiger partial charge >= 0.3 is 0 Å². The molecule has 0 saturated heterocycles. The zero-order valence-electron chi connectivity index (χ0n) is 22.0. The third-order valence-corrected chi connectivity index (χ3v) is 7.89. The molecule has 0 aliphatic rings. The summed E-state index contributed by atoms with van der Waals surface area (Å²) >= 11 is 0. The highest BCUT2D eigenvalue weighted by molar-refractivity contribution is 7.89. The molecule has 0 aliphatic heterocycles. The highest BCUT2D eigenvalue weighted by atomic mass is 32.2. The minimum Gasteiger partial charge on any atom is -0.497 e. The normalized spacial score (nSPS) is 12.5. The zero-order chi connectivity index (χ0) is 27.2. The van der Waals surface area contributed by atoms with Gasteiger partial charge in [0, 0.05) is 19.6 Å². The molecule has 1 atom stereocenters. The van der Waals surface area contributed by atoms with Gasteiger partial charge in [0.05, 0.1) is 18.6 Å². The smallest absolute Gasteiger partial charge is 0.243 e. The summed E-state index contributed by atoms with van der Waals surface area (Å²) in [4.78, 5) is 28.2.